The van der Waals surface area contributed by atoms with Gasteiger partial charge >= 0.3 is 0 Å². The van der Waals surface area contributed by atoms with Crippen molar-refractivity contribution >= 4 is 11.3 Å². The first-order valence-corrected chi connectivity index (χ1v) is 7.43. The molecule has 2 N–H and O–H groups in total. The summed E-state index contributed by atoms with van der Waals surface area (Å²) in [6.07, 6.45) is 1.77. The molecule has 0 saturated heterocycles. The molecule has 0 radical (unpaired) electrons. The van der Waals surface area contributed by atoms with Gasteiger partial charge in [0.05, 0.1) is 13.2 Å². The highest BCUT2D eigenvalue weighted by Gasteiger charge is 2.14. The van der Waals surface area contributed by atoms with Crippen LogP contribution >= 0.6 is 11.3 Å². The molecule has 0 spiro atoms. The van der Waals surface area contributed by atoms with E-state index in [1.807, 2.05) is 18.2 Å². The molecule has 0 amide bonds. The number of rotatable bonds is 3. The minimum Gasteiger partial charge on any atom is -0.490 e. The molecule has 3 rings (SSSR count). The van der Waals surface area contributed by atoms with Gasteiger partial charge in [-0.2, -0.15) is 11.3 Å². The predicted molar refractivity (Wildman–Crippen MR) is 77.0 cm³/mol. The maximum atomic E-state index is 6.27. The van der Waals surface area contributed by atoms with Crippen molar-refractivity contribution < 1.29 is 9.47 Å². The lowest BCUT2D eigenvalue weighted by molar-refractivity contribution is 0.297. The molecule has 2 aromatic rings. The third-order valence-electron chi connectivity index (χ3n) is 3.24. The Balaban J connectivity index is 1.79. The summed E-state index contributed by atoms with van der Waals surface area (Å²) in [7, 11) is 0. The van der Waals surface area contributed by atoms with Gasteiger partial charge < -0.3 is 15.2 Å². The van der Waals surface area contributed by atoms with Gasteiger partial charge in [-0.1, -0.05) is 6.07 Å². The lowest BCUT2D eigenvalue weighted by Gasteiger charge is -2.14. The van der Waals surface area contributed by atoms with Gasteiger partial charge in [0.2, 0.25) is 0 Å². The van der Waals surface area contributed by atoms with Crippen LogP contribution in [-0.4, -0.2) is 13.2 Å². The Kier molecular flexibility index (Phi) is 3.71. The first-order valence-electron chi connectivity index (χ1n) is 6.49. The van der Waals surface area contributed by atoms with E-state index in [-0.39, 0.29) is 6.04 Å². The molecule has 1 aliphatic rings. The van der Waals surface area contributed by atoms with Crippen molar-refractivity contribution in [1.29, 1.82) is 0 Å². The van der Waals surface area contributed by atoms with Crippen LogP contribution < -0.4 is 15.2 Å². The molecule has 1 unspecified atom stereocenters. The van der Waals surface area contributed by atoms with Gasteiger partial charge in [0.15, 0.2) is 11.5 Å². The van der Waals surface area contributed by atoms with Gasteiger partial charge in [0.25, 0.3) is 0 Å². The van der Waals surface area contributed by atoms with Gasteiger partial charge in [0.1, 0.15) is 0 Å². The van der Waals surface area contributed by atoms with Crippen molar-refractivity contribution in [3.05, 3.63) is 46.2 Å². The molecule has 0 fully saturated rings. The average molecular weight is 275 g/mol. The first-order chi connectivity index (χ1) is 9.33. The van der Waals surface area contributed by atoms with E-state index in [1.165, 1.54) is 5.56 Å². The van der Waals surface area contributed by atoms with Gasteiger partial charge in [-0.25, -0.2) is 0 Å². The van der Waals surface area contributed by atoms with Crippen LogP contribution in [0.15, 0.2) is 35.0 Å². The van der Waals surface area contributed by atoms with Gasteiger partial charge in [-0.3, -0.25) is 0 Å². The van der Waals surface area contributed by atoms with Crippen molar-refractivity contribution in [2.24, 2.45) is 5.73 Å². The Morgan fingerprint density at radius 3 is 2.79 bits per heavy atom. The number of hydrogen-bond donors (Lipinski definition) is 1. The lowest BCUT2D eigenvalue weighted by atomic mass is 10.0. The predicted octanol–water partition coefficient (Wildman–Crippen LogP) is 3.15. The van der Waals surface area contributed by atoms with E-state index in [4.69, 9.17) is 15.2 Å². The quantitative estimate of drug-likeness (QED) is 0.936. The van der Waals surface area contributed by atoms with E-state index in [0.717, 1.165) is 29.9 Å². The number of nitrogens with two attached hydrogens (primary N) is 1. The Bertz CT molecular complexity index is 539. The molecule has 0 bridgehead atoms. The van der Waals surface area contributed by atoms with Crippen LogP contribution in [0.5, 0.6) is 11.5 Å². The molecule has 0 saturated carbocycles. The molecule has 3 nitrogen and oxygen atoms in total. The fraction of sp³-hybridized carbons (Fsp3) is 0.333. The molecule has 1 aromatic carbocycles. The average Bonchev–Trinajstić information content (AvgIpc) is 2.81. The largest absolute Gasteiger partial charge is 0.490 e. The Labute approximate surface area is 117 Å². The second-order valence-electron chi connectivity index (χ2n) is 4.70. The molecular formula is C15H17NO2S. The van der Waals surface area contributed by atoms with Gasteiger partial charge in [-0.15, -0.1) is 0 Å². The van der Waals surface area contributed by atoms with Gasteiger partial charge in [-0.05, 0) is 46.5 Å². The SMILES string of the molecule is NC(Cc1ccsc1)c1ccc2c(c1)OCCCO2. The van der Waals surface area contributed by atoms with Crippen molar-refractivity contribution in [3.63, 3.8) is 0 Å². The van der Waals surface area contributed by atoms with E-state index in [1.54, 1.807) is 11.3 Å². The van der Waals surface area contributed by atoms with Crippen LogP contribution in [0.2, 0.25) is 0 Å². The zero-order valence-electron chi connectivity index (χ0n) is 10.7. The highest BCUT2D eigenvalue weighted by atomic mass is 32.1. The van der Waals surface area contributed by atoms with E-state index in [9.17, 15) is 0 Å². The highest BCUT2D eigenvalue weighted by molar-refractivity contribution is 7.07. The van der Waals surface area contributed by atoms with Gasteiger partial charge in [0, 0.05) is 12.5 Å². The number of hydrogen-bond acceptors (Lipinski definition) is 4. The fourth-order valence-corrected chi connectivity index (χ4v) is 2.87. The normalized spacial score (nSPS) is 15.8. The smallest absolute Gasteiger partial charge is 0.161 e. The number of thiophene rings is 1. The third kappa shape index (κ3) is 2.91. The number of benzene rings is 1. The maximum Gasteiger partial charge on any atom is 0.161 e. The van der Waals surface area contributed by atoms with Crippen LogP contribution in [0.4, 0.5) is 0 Å². The fourth-order valence-electron chi connectivity index (χ4n) is 2.19. The lowest BCUT2D eigenvalue weighted by Crippen LogP contribution is -2.13. The second kappa shape index (κ2) is 5.63. The maximum absolute atomic E-state index is 6.27. The zero-order chi connectivity index (χ0) is 13.1. The van der Waals surface area contributed by atoms with E-state index >= 15 is 0 Å². The van der Waals surface area contributed by atoms with Crippen LogP contribution in [0.3, 0.4) is 0 Å². The molecule has 0 aliphatic carbocycles. The topological polar surface area (TPSA) is 44.5 Å². The summed E-state index contributed by atoms with van der Waals surface area (Å²) in [5, 5.41) is 4.22. The van der Waals surface area contributed by atoms with Crippen molar-refractivity contribution in [3.8, 4) is 11.5 Å². The summed E-state index contributed by atoms with van der Waals surface area (Å²) in [4.78, 5) is 0. The summed E-state index contributed by atoms with van der Waals surface area (Å²) in [5.74, 6) is 1.64. The summed E-state index contributed by atoms with van der Waals surface area (Å²) in [6.45, 7) is 1.42. The molecule has 1 aromatic heterocycles. The molecule has 1 aliphatic heterocycles. The standard InChI is InChI=1S/C15H17NO2S/c16-13(8-11-4-7-19-10-11)12-2-3-14-15(9-12)18-6-1-5-17-14/h2-4,7,9-10,13H,1,5-6,8,16H2. The summed E-state index contributed by atoms with van der Waals surface area (Å²) in [6, 6.07) is 8.12. The summed E-state index contributed by atoms with van der Waals surface area (Å²) < 4.78 is 11.3. The van der Waals surface area contributed by atoms with E-state index in [2.05, 4.69) is 16.8 Å². The third-order valence-corrected chi connectivity index (χ3v) is 3.97. The first kappa shape index (κ1) is 12.5. The Morgan fingerprint density at radius 1 is 1.16 bits per heavy atom. The van der Waals surface area contributed by atoms with Crippen molar-refractivity contribution in [1.82, 2.24) is 0 Å². The molecule has 19 heavy (non-hydrogen) atoms. The molecular weight excluding hydrogens is 258 g/mol. The van der Waals surface area contributed by atoms with Crippen LogP contribution in [0.1, 0.15) is 23.6 Å². The van der Waals surface area contributed by atoms with Crippen molar-refractivity contribution in [2.75, 3.05) is 13.2 Å². The zero-order valence-corrected chi connectivity index (χ0v) is 11.5. The van der Waals surface area contributed by atoms with Crippen molar-refractivity contribution in [2.45, 2.75) is 18.9 Å². The van der Waals surface area contributed by atoms with Crippen LogP contribution in [0, 0.1) is 0 Å². The molecule has 2 heterocycles. The minimum atomic E-state index is -0.00764. The molecule has 1 atom stereocenters. The summed E-state index contributed by atoms with van der Waals surface area (Å²) in [5.41, 5.74) is 8.64. The van der Waals surface area contributed by atoms with Crippen LogP contribution in [0.25, 0.3) is 0 Å². The molecule has 4 heteroatoms. The number of ether oxygens (including phenoxy) is 2. The molecule has 100 valence electrons. The van der Waals surface area contributed by atoms with E-state index < -0.39 is 0 Å². The highest BCUT2D eigenvalue weighted by Crippen LogP contribution is 2.32. The second-order valence-corrected chi connectivity index (χ2v) is 5.48. The van der Waals surface area contributed by atoms with Crippen LogP contribution in [-0.2, 0) is 6.42 Å². The Hall–Kier alpha value is -1.52. The monoisotopic (exact) mass is 275 g/mol. The van der Waals surface area contributed by atoms with E-state index in [0.29, 0.717) is 13.2 Å². The number of fused-ring (bicyclic) bond motifs is 1. The summed E-state index contributed by atoms with van der Waals surface area (Å²) >= 11 is 1.70. The minimum absolute atomic E-state index is 0.00764. The Morgan fingerprint density at radius 2 is 2.00 bits per heavy atom.